The molecule has 0 saturated carbocycles. The zero-order valence-corrected chi connectivity index (χ0v) is 13.9. The maximum Gasteiger partial charge on any atom is 0.255 e. The van der Waals surface area contributed by atoms with Crippen LogP contribution in [0.25, 0.3) is 5.69 Å². The van der Waals surface area contributed by atoms with Crippen molar-refractivity contribution < 1.29 is 4.79 Å². The van der Waals surface area contributed by atoms with Gasteiger partial charge in [-0.25, -0.2) is 4.68 Å². The fourth-order valence-electron chi connectivity index (χ4n) is 2.98. The van der Waals surface area contributed by atoms with Crippen LogP contribution in [0.2, 0.25) is 0 Å². The second-order valence-electron chi connectivity index (χ2n) is 5.86. The second kappa shape index (κ2) is 5.35. The normalized spacial score (nSPS) is 13.4. The lowest BCUT2D eigenvalue weighted by Crippen LogP contribution is -2.26. The lowest BCUT2D eigenvalue weighted by atomic mass is 10.1. The summed E-state index contributed by atoms with van der Waals surface area (Å²) in [7, 11) is 0. The predicted molar refractivity (Wildman–Crippen MR) is 90.9 cm³/mol. The van der Waals surface area contributed by atoms with Gasteiger partial charge in [0.05, 0.1) is 29.7 Å². The fraction of sp³-hybridized carbons (Fsp3) is 0.222. The van der Waals surface area contributed by atoms with E-state index >= 15 is 0 Å². The van der Waals surface area contributed by atoms with Gasteiger partial charge >= 0.3 is 0 Å². The summed E-state index contributed by atoms with van der Waals surface area (Å²) < 4.78 is 1.94. The van der Waals surface area contributed by atoms with Crippen LogP contribution in [0.3, 0.4) is 0 Å². The van der Waals surface area contributed by atoms with Crippen LogP contribution in [0.15, 0.2) is 41.9 Å². The Morgan fingerprint density at radius 1 is 1.17 bits per heavy atom. The van der Waals surface area contributed by atoms with E-state index < -0.39 is 0 Å². The van der Waals surface area contributed by atoms with Gasteiger partial charge in [0.25, 0.3) is 5.91 Å². The molecule has 0 N–H and O–H groups in total. The van der Waals surface area contributed by atoms with Crippen molar-refractivity contribution in [3.05, 3.63) is 69.2 Å². The Labute approximate surface area is 139 Å². The van der Waals surface area contributed by atoms with Crippen molar-refractivity contribution in [1.82, 2.24) is 14.7 Å². The Morgan fingerprint density at radius 3 is 2.65 bits per heavy atom. The molecule has 0 bridgehead atoms. The molecule has 4 rings (SSSR count). The van der Waals surface area contributed by atoms with E-state index in [1.165, 1.54) is 4.88 Å². The van der Waals surface area contributed by atoms with Crippen molar-refractivity contribution in [3.63, 3.8) is 0 Å². The van der Waals surface area contributed by atoms with E-state index in [0.29, 0.717) is 13.1 Å². The number of nitrogens with zero attached hydrogens (tertiary/aromatic N) is 3. The third-order valence-corrected chi connectivity index (χ3v) is 5.47. The fourth-order valence-corrected chi connectivity index (χ4v) is 3.84. The first-order chi connectivity index (χ1) is 11.1. The van der Waals surface area contributed by atoms with Crippen LogP contribution < -0.4 is 0 Å². The minimum absolute atomic E-state index is 0.114. The van der Waals surface area contributed by atoms with Crippen LogP contribution in [-0.2, 0) is 13.1 Å². The highest BCUT2D eigenvalue weighted by Gasteiger charge is 2.29. The number of aromatic nitrogens is 2. The summed E-state index contributed by atoms with van der Waals surface area (Å²) in [5.74, 6) is 0.114. The molecule has 4 nitrogen and oxygen atoms in total. The number of carbonyl (C=O) groups is 1. The third kappa shape index (κ3) is 2.28. The first-order valence-electron chi connectivity index (χ1n) is 7.60. The van der Waals surface area contributed by atoms with Crippen molar-refractivity contribution >= 4 is 17.2 Å². The van der Waals surface area contributed by atoms with E-state index in [0.717, 1.165) is 28.1 Å². The number of carbonyl (C=O) groups excluding carboxylic acids is 1. The number of fused-ring (bicyclic) bond motifs is 1. The molecule has 0 radical (unpaired) electrons. The second-order valence-corrected chi connectivity index (χ2v) is 6.94. The molecule has 2 aromatic heterocycles. The largest absolute Gasteiger partial charge is 0.328 e. The molecule has 23 heavy (non-hydrogen) atoms. The molecule has 0 spiro atoms. The van der Waals surface area contributed by atoms with Crippen LogP contribution in [-0.4, -0.2) is 20.6 Å². The molecule has 1 aliphatic rings. The molecule has 0 aliphatic carbocycles. The molecule has 0 saturated heterocycles. The van der Waals surface area contributed by atoms with Gasteiger partial charge in [-0.2, -0.15) is 5.10 Å². The molecule has 3 heterocycles. The molecular weight excluding hydrogens is 306 g/mol. The van der Waals surface area contributed by atoms with Gasteiger partial charge in [0.2, 0.25) is 0 Å². The summed E-state index contributed by atoms with van der Waals surface area (Å²) in [6.45, 7) is 5.32. The summed E-state index contributed by atoms with van der Waals surface area (Å²) in [5.41, 5.74) is 5.20. The van der Waals surface area contributed by atoms with E-state index in [-0.39, 0.29) is 5.91 Å². The smallest absolute Gasteiger partial charge is 0.255 e. The van der Waals surface area contributed by atoms with Crippen LogP contribution in [0.5, 0.6) is 0 Å². The van der Waals surface area contributed by atoms with Gasteiger partial charge in [-0.3, -0.25) is 4.79 Å². The van der Waals surface area contributed by atoms with Crippen molar-refractivity contribution in [2.45, 2.75) is 26.9 Å². The Morgan fingerprint density at radius 2 is 1.96 bits per heavy atom. The van der Waals surface area contributed by atoms with E-state index in [9.17, 15) is 4.79 Å². The predicted octanol–water partition coefficient (Wildman–Crippen LogP) is 3.71. The van der Waals surface area contributed by atoms with Crippen LogP contribution in [0.4, 0.5) is 0 Å². The highest BCUT2D eigenvalue weighted by molar-refractivity contribution is 7.10. The summed E-state index contributed by atoms with van der Waals surface area (Å²) in [5, 5.41) is 6.45. The lowest BCUT2D eigenvalue weighted by Gasteiger charge is -2.16. The molecule has 1 amide bonds. The molecular formula is C18H17N3OS. The van der Waals surface area contributed by atoms with Crippen LogP contribution in [0.1, 0.15) is 32.1 Å². The van der Waals surface area contributed by atoms with Gasteiger partial charge in [-0.15, -0.1) is 11.3 Å². The quantitative estimate of drug-likeness (QED) is 0.721. The van der Waals surface area contributed by atoms with Gasteiger partial charge in [-0.05, 0) is 31.5 Å². The number of benzene rings is 1. The highest BCUT2D eigenvalue weighted by atomic mass is 32.1. The standard InChI is InChI=1S/C18H17N3OS/c1-12-13(2)23-11-16(12)18(22)20-9-14-8-19-21(17(14)10-20)15-6-4-3-5-7-15/h3-8,11H,9-10H2,1-2H3. The Kier molecular flexibility index (Phi) is 3.31. The van der Waals surface area contributed by atoms with Gasteiger partial charge in [-0.1, -0.05) is 18.2 Å². The minimum atomic E-state index is 0.114. The first kappa shape index (κ1) is 14.2. The Hall–Kier alpha value is -2.40. The molecule has 1 aromatic carbocycles. The van der Waals surface area contributed by atoms with E-state index in [2.05, 4.69) is 12.0 Å². The van der Waals surface area contributed by atoms with Gasteiger partial charge in [0, 0.05) is 22.4 Å². The maximum atomic E-state index is 12.8. The number of para-hydroxylation sites is 1. The summed E-state index contributed by atoms with van der Waals surface area (Å²) in [6.07, 6.45) is 1.88. The summed E-state index contributed by atoms with van der Waals surface area (Å²) in [6, 6.07) is 10.1. The average Bonchev–Trinajstić information content (AvgIpc) is 3.23. The monoisotopic (exact) mass is 323 g/mol. The van der Waals surface area contributed by atoms with Crippen LogP contribution >= 0.6 is 11.3 Å². The number of aryl methyl sites for hydroxylation is 1. The number of amides is 1. The van der Waals surface area contributed by atoms with Crippen molar-refractivity contribution in [2.24, 2.45) is 0 Å². The molecule has 0 unspecified atom stereocenters. The third-order valence-electron chi connectivity index (χ3n) is 4.46. The molecule has 1 aliphatic heterocycles. The molecule has 0 atom stereocenters. The number of thiophene rings is 1. The van der Waals surface area contributed by atoms with E-state index in [1.807, 2.05) is 58.4 Å². The lowest BCUT2D eigenvalue weighted by molar-refractivity contribution is 0.0748. The minimum Gasteiger partial charge on any atom is -0.328 e. The molecule has 3 aromatic rings. The Bertz CT molecular complexity index is 879. The Balaban J connectivity index is 1.63. The molecule has 5 heteroatoms. The maximum absolute atomic E-state index is 12.8. The van der Waals surface area contributed by atoms with Gasteiger partial charge in [0.1, 0.15) is 0 Å². The zero-order chi connectivity index (χ0) is 16.0. The van der Waals surface area contributed by atoms with Crippen molar-refractivity contribution in [1.29, 1.82) is 0 Å². The first-order valence-corrected chi connectivity index (χ1v) is 8.48. The van der Waals surface area contributed by atoms with Crippen LogP contribution in [0, 0.1) is 13.8 Å². The SMILES string of the molecule is Cc1scc(C(=O)N2Cc3cnn(-c4ccccc4)c3C2)c1C. The zero-order valence-electron chi connectivity index (χ0n) is 13.1. The van der Waals surface area contributed by atoms with Crippen molar-refractivity contribution in [3.8, 4) is 5.69 Å². The topological polar surface area (TPSA) is 38.1 Å². The number of hydrogen-bond acceptors (Lipinski definition) is 3. The van der Waals surface area contributed by atoms with Gasteiger partial charge in [0.15, 0.2) is 0 Å². The molecule has 116 valence electrons. The van der Waals surface area contributed by atoms with Gasteiger partial charge < -0.3 is 4.90 Å². The number of rotatable bonds is 2. The summed E-state index contributed by atoms with van der Waals surface area (Å²) >= 11 is 1.64. The van der Waals surface area contributed by atoms with E-state index in [4.69, 9.17) is 0 Å². The summed E-state index contributed by atoms with van der Waals surface area (Å²) in [4.78, 5) is 15.9. The number of hydrogen-bond donors (Lipinski definition) is 0. The van der Waals surface area contributed by atoms with E-state index in [1.54, 1.807) is 11.3 Å². The molecule has 0 fully saturated rings. The van der Waals surface area contributed by atoms with Crippen molar-refractivity contribution in [2.75, 3.05) is 0 Å². The average molecular weight is 323 g/mol. The highest BCUT2D eigenvalue weighted by Crippen LogP contribution is 2.29.